The van der Waals surface area contributed by atoms with Crippen molar-refractivity contribution >= 4 is 22.4 Å². The van der Waals surface area contributed by atoms with Crippen molar-refractivity contribution in [3.05, 3.63) is 40.1 Å². The lowest BCUT2D eigenvalue weighted by molar-refractivity contribution is -0.384. The average Bonchev–Trinajstić information content (AvgIpc) is 2.56. The second-order valence-electron chi connectivity index (χ2n) is 3.67. The molecule has 0 aliphatic heterocycles. The smallest absolute Gasteiger partial charge is 0.271 e. The van der Waals surface area contributed by atoms with Crippen LogP contribution in [0.3, 0.4) is 0 Å². The number of fused-ring (bicyclic) bond motifs is 1. The number of rotatable bonds is 2. The van der Waals surface area contributed by atoms with E-state index in [2.05, 4.69) is 0 Å². The molecule has 0 spiro atoms. The van der Waals surface area contributed by atoms with Gasteiger partial charge in [-0.05, 0) is 13.0 Å². The Hall–Kier alpha value is -2.17. The molecule has 1 heterocycles. The molecule has 82 valence electrons. The van der Waals surface area contributed by atoms with Crippen LogP contribution in [0, 0.1) is 10.1 Å². The zero-order chi connectivity index (χ0) is 11.9. The molecule has 1 aromatic heterocycles. The zero-order valence-electron chi connectivity index (χ0n) is 8.93. The van der Waals surface area contributed by atoms with E-state index in [4.69, 9.17) is 0 Å². The van der Waals surface area contributed by atoms with Gasteiger partial charge in [0.15, 0.2) is 5.78 Å². The fourth-order valence-corrected chi connectivity index (χ4v) is 1.77. The van der Waals surface area contributed by atoms with Crippen LogP contribution >= 0.6 is 0 Å². The lowest BCUT2D eigenvalue weighted by Gasteiger charge is -1.96. The highest BCUT2D eigenvalue weighted by Gasteiger charge is 2.13. The topological polar surface area (TPSA) is 65.1 Å². The Morgan fingerprint density at radius 2 is 2.12 bits per heavy atom. The van der Waals surface area contributed by atoms with Crippen molar-refractivity contribution in [1.29, 1.82) is 0 Å². The van der Waals surface area contributed by atoms with Gasteiger partial charge in [-0.2, -0.15) is 0 Å². The number of aromatic nitrogens is 1. The van der Waals surface area contributed by atoms with Gasteiger partial charge in [0.1, 0.15) is 0 Å². The van der Waals surface area contributed by atoms with E-state index in [9.17, 15) is 14.9 Å². The van der Waals surface area contributed by atoms with Gasteiger partial charge in [-0.1, -0.05) is 0 Å². The molecule has 0 radical (unpaired) electrons. The van der Waals surface area contributed by atoms with Crippen molar-refractivity contribution in [3.8, 4) is 0 Å². The predicted octanol–water partition coefficient (Wildman–Crippen LogP) is 2.29. The normalized spacial score (nSPS) is 10.6. The highest BCUT2D eigenvalue weighted by molar-refractivity contribution is 6.07. The third kappa shape index (κ3) is 1.46. The number of nitro benzene ring substituents is 1. The van der Waals surface area contributed by atoms with E-state index in [0.717, 1.165) is 5.39 Å². The summed E-state index contributed by atoms with van der Waals surface area (Å²) in [4.78, 5) is 21.5. The van der Waals surface area contributed by atoms with Crippen LogP contribution in [0.2, 0.25) is 0 Å². The standard InChI is InChI=1S/C11H10N2O3/c1-7(14)10-6-12(2)11-5-8(13(15)16)3-4-9(10)11/h3-6H,1-2H3. The summed E-state index contributed by atoms with van der Waals surface area (Å²) in [7, 11) is 1.76. The molecule has 0 atom stereocenters. The summed E-state index contributed by atoms with van der Waals surface area (Å²) in [5.74, 6) is -0.0422. The van der Waals surface area contributed by atoms with Gasteiger partial charge in [-0.3, -0.25) is 14.9 Å². The minimum Gasteiger partial charge on any atom is -0.350 e. The van der Waals surface area contributed by atoms with Gasteiger partial charge in [0.2, 0.25) is 0 Å². The van der Waals surface area contributed by atoms with Gasteiger partial charge in [0.25, 0.3) is 5.69 Å². The molecule has 1 aromatic carbocycles. The van der Waals surface area contributed by atoms with Crippen molar-refractivity contribution in [3.63, 3.8) is 0 Å². The number of carbonyl (C=O) groups is 1. The molecule has 0 unspecified atom stereocenters. The Balaban J connectivity index is 2.76. The van der Waals surface area contributed by atoms with Crippen LogP contribution in [0.15, 0.2) is 24.4 Å². The van der Waals surface area contributed by atoms with Crippen LogP contribution in [0.5, 0.6) is 0 Å². The number of hydrogen-bond acceptors (Lipinski definition) is 3. The number of carbonyl (C=O) groups excluding carboxylic acids is 1. The predicted molar refractivity (Wildman–Crippen MR) is 59.6 cm³/mol. The van der Waals surface area contributed by atoms with Gasteiger partial charge >= 0.3 is 0 Å². The fourth-order valence-electron chi connectivity index (χ4n) is 1.77. The quantitative estimate of drug-likeness (QED) is 0.441. The molecule has 2 rings (SSSR count). The van der Waals surface area contributed by atoms with Crippen molar-refractivity contribution in [2.24, 2.45) is 7.05 Å². The average molecular weight is 218 g/mol. The molecule has 5 nitrogen and oxygen atoms in total. The van der Waals surface area contributed by atoms with Crippen molar-refractivity contribution in [1.82, 2.24) is 4.57 Å². The van der Waals surface area contributed by atoms with Crippen molar-refractivity contribution in [2.75, 3.05) is 0 Å². The first kappa shape index (κ1) is 10.4. The summed E-state index contributed by atoms with van der Waals surface area (Å²) >= 11 is 0. The van der Waals surface area contributed by atoms with E-state index in [1.165, 1.54) is 19.1 Å². The monoisotopic (exact) mass is 218 g/mol. The van der Waals surface area contributed by atoms with Gasteiger partial charge in [0.05, 0.1) is 10.4 Å². The Morgan fingerprint density at radius 3 is 2.69 bits per heavy atom. The minimum absolute atomic E-state index is 0.0313. The van der Waals surface area contributed by atoms with Crippen LogP contribution in [0.4, 0.5) is 5.69 Å². The second-order valence-corrected chi connectivity index (χ2v) is 3.67. The largest absolute Gasteiger partial charge is 0.350 e. The van der Waals surface area contributed by atoms with Gasteiger partial charge in [-0.15, -0.1) is 0 Å². The first-order valence-corrected chi connectivity index (χ1v) is 4.75. The van der Waals surface area contributed by atoms with E-state index in [1.54, 1.807) is 23.9 Å². The molecule has 0 N–H and O–H groups in total. The number of non-ortho nitro benzene ring substituents is 1. The number of nitro groups is 1. The molecule has 0 bridgehead atoms. The summed E-state index contributed by atoms with van der Waals surface area (Å²) in [6.45, 7) is 1.48. The van der Waals surface area contributed by atoms with Crippen molar-refractivity contribution < 1.29 is 9.72 Å². The maximum Gasteiger partial charge on any atom is 0.271 e. The van der Waals surface area contributed by atoms with E-state index in [-0.39, 0.29) is 11.5 Å². The van der Waals surface area contributed by atoms with Crippen LogP contribution < -0.4 is 0 Å². The molecule has 16 heavy (non-hydrogen) atoms. The molecular weight excluding hydrogens is 208 g/mol. The second kappa shape index (κ2) is 3.44. The number of nitrogens with zero attached hydrogens (tertiary/aromatic N) is 2. The minimum atomic E-state index is -0.445. The maximum absolute atomic E-state index is 11.3. The number of Topliss-reactive ketones (excluding diaryl/α,β-unsaturated/α-hetero) is 1. The third-order valence-electron chi connectivity index (χ3n) is 2.56. The summed E-state index contributed by atoms with van der Waals surface area (Å²) in [6, 6.07) is 4.50. The molecule has 5 heteroatoms. The molecule has 0 aliphatic carbocycles. The number of aryl methyl sites for hydroxylation is 1. The third-order valence-corrected chi connectivity index (χ3v) is 2.56. The molecule has 0 saturated heterocycles. The zero-order valence-corrected chi connectivity index (χ0v) is 8.93. The summed E-state index contributed by atoms with van der Waals surface area (Å²) in [5, 5.41) is 11.4. The highest BCUT2D eigenvalue weighted by Crippen LogP contribution is 2.25. The fraction of sp³-hybridized carbons (Fsp3) is 0.182. The Morgan fingerprint density at radius 1 is 1.44 bits per heavy atom. The van der Waals surface area contributed by atoms with Crippen LogP contribution in [0.25, 0.3) is 10.9 Å². The summed E-state index contributed by atoms with van der Waals surface area (Å²) < 4.78 is 1.72. The first-order valence-electron chi connectivity index (χ1n) is 4.75. The van der Waals surface area contributed by atoms with Gasteiger partial charge in [0, 0.05) is 36.3 Å². The molecule has 0 amide bonds. The van der Waals surface area contributed by atoms with Gasteiger partial charge in [-0.25, -0.2) is 0 Å². The molecule has 2 aromatic rings. The highest BCUT2D eigenvalue weighted by atomic mass is 16.6. The molecule has 0 fully saturated rings. The number of hydrogen-bond donors (Lipinski definition) is 0. The lowest BCUT2D eigenvalue weighted by Crippen LogP contribution is -1.90. The first-order chi connectivity index (χ1) is 7.50. The Labute approximate surface area is 91.4 Å². The van der Waals surface area contributed by atoms with E-state index < -0.39 is 4.92 Å². The SMILES string of the molecule is CC(=O)c1cn(C)c2cc([N+](=O)[O-])ccc12. The Bertz CT molecular complexity index is 599. The van der Waals surface area contributed by atoms with Crippen LogP contribution in [-0.4, -0.2) is 15.3 Å². The van der Waals surface area contributed by atoms with E-state index in [0.29, 0.717) is 11.1 Å². The van der Waals surface area contributed by atoms with E-state index >= 15 is 0 Å². The van der Waals surface area contributed by atoms with Crippen LogP contribution in [-0.2, 0) is 7.05 Å². The van der Waals surface area contributed by atoms with Crippen molar-refractivity contribution in [2.45, 2.75) is 6.92 Å². The summed E-state index contributed by atoms with van der Waals surface area (Å²) in [6.07, 6.45) is 1.69. The molecule has 0 saturated carbocycles. The van der Waals surface area contributed by atoms with Crippen LogP contribution in [0.1, 0.15) is 17.3 Å². The summed E-state index contributed by atoms with van der Waals surface area (Å²) in [5.41, 5.74) is 1.32. The molecule has 0 aliphatic rings. The molecular formula is C11H10N2O3. The van der Waals surface area contributed by atoms with Gasteiger partial charge < -0.3 is 4.57 Å². The Kier molecular flexibility index (Phi) is 2.23. The maximum atomic E-state index is 11.3. The lowest BCUT2D eigenvalue weighted by atomic mass is 10.1. The number of benzene rings is 1. The number of ketones is 1. The van der Waals surface area contributed by atoms with E-state index in [1.807, 2.05) is 0 Å².